The largest absolute Gasteiger partial charge is 0.508 e. The molecule has 0 bridgehead atoms. The van der Waals surface area contributed by atoms with Crippen LogP contribution < -0.4 is 10.2 Å². The molecule has 0 spiro atoms. The smallest absolute Gasteiger partial charge is 0.229 e. The Hall–Kier alpha value is -3.35. The summed E-state index contributed by atoms with van der Waals surface area (Å²) in [6.07, 6.45) is -7.99. The number of phenolic OH excluding ortho intramolecular Hbond substituents is 3. The molecule has 1 aromatic heterocycles. The van der Waals surface area contributed by atoms with E-state index in [-0.39, 0.29) is 22.5 Å². The number of fused-ring (bicyclic) bond motifs is 1. The van der Waals surface area contributed by atoms with Gasteiger partial charge in [0.1, 0.15) is 46.9 Å². The molecular weight excluding hydrogens is 428 g/mol. The van der Waals surface area contributed by atoms with Gasteiger partial charge in [-0.3, -0.25) is 4.79 Å². The Balaban J connectivity index is 1.76. The van der Waals surface area contributed by atoms with Crippen LogP contribution in [0.5, 0.6) is 23.0 Å². The van der Waals surface area contributed by atoms with Crippen LogP contribution in [0.25, 0.3) is 22.3 Å². The normalized spacial score (nSPS) is 25.7. The number of hydrogen-bond donors (Lipinski definition) is 7. The van der Waals surface area contributed by atoms with Gasteiger partial charge in [0, 0.05) is 17.7 Å². The third kappa shape index (κ3) is 3.72. The maximum atomic E-state index is 12.6. The highest BCUT2D eigenvalue weighted by Gasteiger charge is 2.45. The summed E-state index contributed by atoms with van der Waals surface area (Å²) in [5, 5.41) is 69.0. The van der Waals surface area contributed by atoms with E-state index in [0.29, 0.717) is 5.56 Å². The van der Waals surface area contributed by atoms with Crippen LogP contribution in [0, 0.1) is 0 Å². The van der Waals surface area contributed by atoms with Crippen LogP contribution in [0.15, 0.2) is 45.6 Å². The maximum Gasteiger partial charge on any atom is 0.229 e. The van der Waals surface area contributed by atoms with E-state index in [1.54, 1.807) is 0 Å². The van der Waals surface area contributed by atoms with Crippen molar-refractivity contribution in [2.24, 2.45) is 0 Å². The van der Waals surface area contributed by atoms with Gasteiger partial charge in [0.25, 0.3) is 0 Å². The third-order valence-electron chi connectivity index (χ3n) is 5.17. The zero-order valence-electron chi connectivity index (χ0n) is 16.3. The Labute approximate surface area is 179 Å². The van der Waals surface area contributed by atoms with Gasteiger partial charge >= 0.3 is 0 Å². The molecule has 170 valence electrons. The van der Waals surface area contributed by atoms with Crippen molar-refractivity contribution < 1.29 is 49.6 Å². The van der Waals surface area contributed by atoms with Gasteiger partial charge < -0.3 is 49.6 Å². The Morgan fingerprint density at radius 3 is 2.25 bits per heavy atom. The highest BCUT2D eigenvalue weighted by Crippen LogP contribution is 2.42. The molecule has 4 rings (SSSR count). The van der Waals surface area contributed by atoms with Gasteiger partial charge in [0.2, 0.25) is 12.0 Å². The summed E-state index contributed by atoms with van der Waals surface area (Å²) in [5.74, 6) is -2.03. The minimum Gasteiger partial charge on any atom is -0.508 e. The van der Waals surface area contributed by atoms with Gasteiger partial charge in [-0.25, -0.2) is 0 Å². The molecule has 1 fully saturated rings. The van der Waals surface area contributed by atoms with Gasteiger partial charge in [-0.2, -0.15) is 0 Å². The summed E-state index contributed by atoms with van der Waals surface area (Å²) in [4.78, 5) is 12.6. The molecular formula is C21H20O11. The van der Waals surface area contributed by atoms with E-state index in [0.717, 1.165) is 12.1 Å². The quantitative estimate of drug-likeness (QED) is 0.261. The number of aromatic hydroxyl groups is 3. The number of ether oxygens (including phenoxy) is 2. The van der Waals surface area contributed by atoms with Crippen LogP contribution in [0.3, 0.4) is 0 Å². The maximum absolute atomic E-state index is 12.6. The van der Waals surface area contributed by atoms with Crippen LogP contribution in [-0.4, -0.2) is 73.1 Å². The lowest BCUT2D eigenvalue weighted by Crippen LogP contribution is -2.60. The summed E-state index contributed by atoms with van der Waals surface area (Å²) in [6.45, 7) is -0.690. The average Bonchev–Trinajstić information content (AvgIpc) is 2.77. The van der Waals surface area contributed by atoms with Crippen molar-refractivity contribution in [3.05, 3.63) is 46.6 Å². The molecule has 11 nitrogen and oxygen atoms in total. The second kappa shape index (κ2) is 8.30. The summed E-state index contributed by atoms with van der Waals surface area (Å²) >= 11 is 0. The molecule has 0 amide bonds. The van der Waals surface area contributed by atoms with Crippen molar-refractivity contribution in [2.75, 3.05) is 6.61 Å². The summed E-state index contributed by atoms with van der Waals surface area (Å²) in [6, 6.07) is 7.97. The van der Waals surface area contributed by atoms with Gasteiger partial charge in [0.05, 0.1) is 6.61 Å². The minimum atomic E-state index is -1.76. The molecule has 32 heavy (non-hydrogen) atoms. The standard InChI is InChI=1S/C21H20O11/c22-7-14-17(26)19(28)20(29)21(32-14)31-13-6-12-15(18(27)16(13)25)10(24)5-11(30-12)8-1-3-9(23)4-2-8/h1-6,14,17,19-23,25-29H,7H2/t14?,17-,19+,20-,21-/m1/s1. The number of hydrogen-bond acceptors (Lipinski definition) is 11. The molecule has 0 saturated carbocycles. The van der Waals surface area contributed by atoms with E-state index in [1.807, 2.05) is 0 Å². The molecule has 7 N–H and O–H groups in total. The van der Waals surface area contributed by atoms with E-state index in [4.69, 9.17) is 13.9 Å². The fourth-order valence-electron chi connectivity index (χ4n) is 3.42. The summed E-state index contributed by atoms with van der Waals surface area (Å²) in [7, 11) is 0. The van der Waals surface area contributed by atoms with Crippen LogP contribution in [-0.2, 0) is 4.74 Å². The number of aliphatic hydroxyl groups is 4. The second-order valence-corrected chi connectivity index (χ2v) is 7.28. The second-order valence-electron chi connectivity index (χ2n) is 7.28. The zero-order valence-corrected chi connectivity index (χ0v) is 16.3. The molecule has 0 aliphatic carbocycles. The molecule has 2 aromatic carbocycles. The summed E-state index contributed by atoms with van der Waals surface area (Å²) in [5.41, 5.74) is -0.386. The molecule has 2 heterocycles. The van der Waals surface area contributed by atoms with Crippen LogP contribution in [0.4, 0.5) is 0 Å². The van der Waals surface area contributed by atoms with Crippen molar-refractivity contribution in [1.82, 2.24) is 0 Å². The lowest BCUT2D eigenvalue weighted by Gasteiger charge is -2.39. The predicted molar refractivity (Wildman–Crippen MR) is 107 cm³/mol. The molecule has 0 radical (unpaired) electrons. The Morgan fingerprint density at radius 1 is 0.906 bits per heavy atom. The lowest BCUT2D eigenvalue weighted by atomic mass is 9.99. The first-order valence-electron chi connectivity index (χ1n) is 9.50. The van der Waals surface area contributed by atoms with Crippen LogP contribution in [0.1, 0.15) is 0 Å². The molecule has 1 aliphatic rings. The minimum absolute atomic E-state index is 0.00895. The van der Waals surface area contributed by atoms with Crippen molar-refractivity contribution >= 4 is 11.0 Å². The van der Waals surface area contributed by atoms with Crippen LogP contribution in [0.2, 0.25) is 0 Å². The van der Waals surface area contributed by atoms with Crippen molar-refractivity contribution in [2.45, 2.75) is 30.7 Å². The first-order valence-corrected chi connectivity index (χ1v) is 9.50. The fourth-order valence-corrected chi connectivity index (χ4v) is 3.42. The van der Waals surface area contributed by atoms with E-state index >= 15 is 0 Å². The first kappa shape index (κ1) is 21.9. The van der Waals surface area contributed by atoms with Gasteiger partial charge in [-0.15, -0.1) is 0 Å². The Bertz CT molecular complexity index is 1190. The van der Waals surface area contributed by atoms with Crippen molar-refractivity contribution in [1.29, 1.82) is 0 Å². The topological polar surface area (TPSA) is 190 Å². The Kier molecular flexibility index (Phi) is 5.67. The Morgan fingerprint density at radius 2 is 1.59 bits per heavy atom. The number of aliphatic hydroxyl groups excluding tert-OH is 4. The van der Waals surface area contributed by atoms with Gasteiger partial charge in [0.15, 0.2) is 16.9 Å². The number of phenols is 3. The predicted octanol–water partition coefficient (Wildman–Crippen LogP) is -0.245. The monoisotopic (exact) mass is 448 g/mol. The lowest BCUT2D eigenvalue weighted by molar-refractivity contribution is -0.277. The van der Waals surface area contributed by atoms with Crippen molar-refractivity contribution in [3.63, 3.8) is 0 Å². The van der Waals surface area contributed by atoms with E-state index in [9.17, 15) is 40.5 Å². The number of benzene rings is 2. The summed E-state index contributed by atoms with van der Waals surface area (Å²) < 4.78 is 16.3. The van der Waals surface area contributed by atoms with Gasteiger partial charge in [-0.05, 0) is 24.3 Å². The van der Waals surface area contributed by atoms with Gasteiger partial charge in [-0.1, -0.05) is 0 Å². The van der Waals surface area contributed by atoms with Crippen LogP contribution >= 0.6 is 0 Å². The molecule has 1 unspecified atom stereocenters. The van der Waals surface area contributed by atoms with E-state index < -0.39 is 60.0 Å². The highest BCUT2D eigenvalue weighted by molar-refractivity contribution is 5.89. The molecule has 5 atom stereocenters. The zero-order chi connectivity index (χ0) is 23.2. The molecule has 1 aliphatic heterocycles. The average molecular weight is 448 g/mol. The molecule has 11 heteroatoms. The highest BCUT2D eigenvalue weighted by atomic mass is 16.7. The molecule has 3 aromatic rings. The van der Waals surface area contributed by atoms with Crippen molar-refractivity contribution in [3.8, 4) is 34.3 Å². The third-order valence-corrected chi connectivity index (χ3v) is 5.17. The SMILES string of the molecule is O=c1cc(-c2ccc(O)cc2)oc2cc(O[C@@H]3OC(CO)[C@@H](O)[C@H](O)[C@H]3O)c(O)c(O)c12. The molecule has 1 saturated heterocycles. The van der Waals surface area contributed by atoms with E-state index in [2.05, 4.69) is 0 Å². The first-order chi connectivity index (χ1) is 15.2. The number of rotatable bonds is 4. The van der Waals surface area contributed by atoms with E-state index in [1.165, 1.54) is 24.3 Å². The fraction of sp³-hybridized carbons (Fsp3) is 0.286.